The van der Waals surface area contributed by atoms with Crippen molar-refractivity contribution in [3.63, 3.8) is 0 Å². The standard InChI is InChI=1S/C18H16ClN3O2/c19-12-7-14-13-4-2-1-3-11(13)10-23-16-9-20-5-6-22(16)18-21-15(8-12)17(14)24-18/h1-4,7-8,16,20H,5-6,9-10H2/t16-/m0/s1. The second kappa shape index (κ2) is 5.48. The number of nitrogens with one attached hydrogen (secondary N) is 1. The Labute approximate surface area is 144 Å². The van der Waals surface area contributed by atoms with Gasteiger partial charge in [-0.1, -0.05) is 35.9 Å². The molecule has 3 heterocycles. The number of hydrogen-bond acceptors (Lipinski definition) is 5. The average Bonchev–Trinajstić information content (AvgIpc) is 3.03. The number of ether oxygens (including phenoxy) is 1. The number of rotatable bonds is 0. The van der Waals surface area contributed by atoms with Crippen molar-refractivity contribution in [3.8, 4) is 11.1 Å². The number of anilines is 1. The number of fused-ring (bicyclic) bond motifs is 5. The fraction of sp³-hybridized carbons (Fsp3) is 0.278. The van der Waals surface area contributed by atoms with Crippen LogP contribution in [0, 0.1) is 0 Å². The number of halogens is 1. The minimum absolute atomic E-state index is 0.100. The predicted molar refractivity (Wildman–Crippen MR) is 93.2 cm³/mol. The van der Waals surface area contributed by atoms with Gasteiger partial charge >= 0.3 is 6.01 Å². The number of benzene rings is 2. The van der Waals surface area contributed by atoms with Gasteiger partial charge in [-0.15, -0.1) is 0 Å². The van der Waals surface area contributed by atoms with Gasteiger partial charge in [0.15, 0.2) is 5.58 Å². The highest BCUT2D eigenvalue weighted by molar-refractivity contribution is 6.31. The van der Waals surface area contributed by atoms with Gasteiger partial charge in [-0.05, 0) is 23.3 Å². The minimum atomic E-state index is -0.100. The first kappa shape index (κ1) is 14.3. The van der Waals surface area contributed by atoms with Crippen molar-refractivity contribution in [3.05, 3.63) is 47.0 Å². The van der Waals surface area contributed by atoms with Gasteiger partial charge < -0.3 is 14.5 Å². The monoisotopic (exact) mass is 341 g/mol. The van der Waals surface area contributed by atoms with Gasteiger partial charge in [-0.3, -0.25) is 4.90 Å². The van der Waals surface area contributed by atoms with Gasteiger partial charge in [0.05, 0.1) is 6.61 Å². The van der Waals surface area contributed by atoms with Crippen LogP contribution in [-0.4, -0.2) is 30.8 Å². The number of hydrogen-bond donors (Lipinski definition) is 1. The summed E-state index contributed by atoms with van der Waals surface area (Å²) in [5, 5.41) is 4.03. The first-order valence-corrected chi connectivity index (χ1v) is 8.45. The van der Waals surface area contributed by atoms with Gasteiger partial charge in [0.2, 0.25) is 0 Å². The second-order valence-electron chi connectivity index (χ2n) is 6.12. The molecular weight excluding hydrogens is 326 g/mol. The molecule has 0 radical (unpaired) electrons. The molecule has 0 unspecified atom stereocenters. The molecule has 1 aromatic heterocycles. The third-order valence-electron chi connectivity index (χ3n) is 4.62. The van der Waals surface area contributed by atoms with Crippen molar-refractivity contribution in [2.45, 2.75) is 12.8 Å². The maximum Gasteiger partial charge on any atom is 0.300 e. The molecule has 3 aromatic rings. The van der Waals surface area contributed by atoms with Crippen LogP contribution in [0.5, 0.6) is 0 Å². The molecule has 0 amide bonds. The molecule has 2 aromatic carbocycles. The van der Waals surface area contributed by atoms with Crippen molar-refractivity contribution >= 4 is 28.7 Å². The molecule has 5 nitrogen and oxygen atoms in total. The van der Waals surface area contributed by atoms with Crippen LogP contribution in [0.3, 0.4) is 0 Å². The fourth-order valence-electron chi connectivity index (χ4n) is 3.45. The van der Waals surface area contributed by atoms with Crippen molar-refractivity contribution in [2.75, 3.05) is 24.5 Å². The maximum atomic E-state index is 6.34. The maximum absolute atomic E-state index is 6.34. The summed E-state index contributed by atoms with van der Waals surface area (Å²) in [5.41, 5.74) is 4.71. The molecule has 24 heavy (non-hydrogen) atoms. The van der Waals surface area contributed by atoms with E-state index >= 15 is 0 Å². The Kier molecular flexibility index (Phi) is 3.26. The summed E-state index contributed by atoms with van der Waals surface area (Å²) in [6.07, 6.45) is -0.100. The summed E-state index contributed by atoms with van der Waals surface area (Å²) in [5.74, 6) is 0. The summed E-state index contributed by atoms with van der Waals surface area (Å²) < 4.78 is 12.3. The van der Waals surface area contributed by atoms with E-state index in [0.29, 0.717) is 17.6 Å². The van der Waals surface area contributed by atoms with E-state index in [-0.39, 0.29) is 6.23 Å². The lowest BCUT2D eigenvalue weighted by Crippen LogP contribution is -2.52. The Balaban J connectivity index is 1.81. The van der Waals surface area contributed by atoms with Gasteiger partial charge in [0.1, 0.15) is 11.7 Å². The lowest BCUT2D eigenvalue weighted by atomic mass is 9.99. The van der Waals surface area contributed by atoms with E-state index in [4.69, 9.17) is 20.8 Å². The number of piperazine rings is 1. The lowest BCUT2D eigenvalue weighted by Gasteiger charge is -2.35. The molecule has 0 aliphatic carbocycles. The lowest BCUT2D eigenvalue weighted by molar-refractivity contribution is 0.0283. The van der Waals surface area contributed by atoms with Crippen LogP contribution in [0.2, 0.25) is 5.02 Å². The van der Waals surface area contributed by atoms with Crippen LogP contribution in [0.15, 0.2) is 40.8 Å². The molecule has 2 bridgehead atoms. The first-order valence-electron chi connectivity index (χ1n) is 8.07. The minimum Gasteiger partial charge on any atom is -0.423 e. The SMILES string of the molecule is Clc1cc2c3oc(nc3c1)N1CCNC[C@@H]1OCc1ccccc1-2. The van der Waals surface area contributed by atoms with Crippen molar-refractivity contribution in [1.29, 1.82) is 0 Å². The molecule has 1 fully saturated rings. The molecule has 5 rings (SSSR count). The highest BCUT2D eigenvalue weighted by Gasteiger charge is 2.29. The molecule has 1 saturated heterocycles. The van der Waals surface area contributed by atoms with Crippen LogP contribution < -0.4 is 10.2 Å². The molecule has 1 atom stereocenters. The van der Waals surface area contributed by atoms with E-state index in [2.05, 4.69) is 27.3 Å². The van der Waals surface area contributed by atoms with E-state index < -0.39 is 0 Å². The third kappa shape index (κ3) is 2.20. The zero-order valence-electron chi connectivity index (χ0n) is 13.0. The van der Waals surface area contributed by atoms with Crippen LogP contribution in [0.25, 0.3) is 22.2 Å². The summed E-state index contributed by atoms with van der Waals surface area (Å²) in [4.78, 5) is 6.76. The van der Waals surface area contributed by atoms with Gasteiger partial charge in [-0.25, -0.2) is 0 Å². The fourth-order valence-corrected chi connectivity index (χ4v) is 3.66. The van der Waals surface area contributed by atoms with Crippen molar-refractivity contribution in [2.24, 2.45) is 0 Å². The molecule has 122 valence electrons. The van der Waals surface area contributed by atoms with Crippen molar-refractivity contribution in [1.82, 2.24) is 10.3 Å². The Hall–Kier alpha value is -2.08. The first-order chi connectivity index (χ1) is 11.8. The molecule has 0 saturated carbocycles. The topological polar surface area (TPSA) is 50.5 Å². The molecular formula is C18H16ClN3O2. The van der Waals surface area contributed by atoms with Crippen LogP contribution in [0.4, 0.5) is 6.01 Å². The van der Waals surface area contributed by atoms with E-state index in [1.807, 2.05) is 24.3 Å². The Morgan fingerprint density at radius 2 is 2.12 bits per heavy atom. The predicted octanol–water partition coefficient (Wildman–Crippen LogP) is 3.41. The highest BCUT2D eigenvalue weighted by Crippen LogP contribution is 2.37. The van der Waals surface area contributed by atoms with Gasteiger partial charge in [0, 0.05) is 30.2 Å². The summed E-state index contributed by atoms with van der Waals surface area (Å²) >= 11 is 6.34. The van der Waals surface area contributed by atoms with Crippen molar-refractivity contribution < 1.29 is 9.15 Å². The molecule has 2 aliphatic heterocycles. The smallest absolute Gasteiger partial charge is 0.300 e. The van der Waals surface area contributed by atoms with E-state index in [0.717, 1.165) is 47.4 Å². The largest absolute Gasteiger partial charge is 0.423 e. The second-order valence-corrected chi connectivity index (χ2v) is 6.55. The van der Waals surface area contributed by atoms with Gasteiger partial charge in [-0.2, -0.15) is 4.98 Å². The summed E-state index contributed by atoms with van der Waals surface area (Å²) in [6, 6.07) is 12.6. The molecule has 6 heteroatoms. The van der Waals surface area contributed by atoms with E-state index in [9.17, 15) is 0 Å². The Bertz CT molecular complexity index is 924. The molecule has 2 aliphatic rings. The Morgan fingerprint density at radius 1 is 1.21 bits per heavy atom. The van der Waals surface area contributed by atoms with Crippen LogP contribution >= 0.6 is 11.6 Å². The van der Waals surface area contributed by atoms with Crippen LogP contribution in [-0.2, 0) is 11.3 Å². The molecule has 0 spiro atoms. The molecule has 1 N–H and O–H groups in total. The Morgan fingerprint density at radius 3 is 3.08 bits per heavy atom. The number of nitrogens with zero attached hydrogens (tertiary/aromatic N) is 2. The van der Waals surface area contributed by atoms with E-state index in [1.165, 1.54) is 0 Å². The zero-order chi connectivity index (χ0) is 16.1. The normalized spacial score (nSPS) is 20.0. The average molecular weight is 342 g/mol. The quantitative estimate of drug-likeness (QED) is 0.679. The zero-order valence-corrected chi connectivity index (χ0v) is 13.7. The third-order valence-corrected chi connectivity index (χ3v) is 4.84. The van der Waals surface area contributed by atoms with E-state index in [1.54, 1.807) is 0 Å². The summed E-state index contributed by atoms with van der Waals surface area (Å²) in [6.45, 7) is 2.95. The number of aromatic nitrogens is 1. The van der Waals surface area contributed by atoms with Crippen LogP contribution in [0.1, 0.15) is 5.56 Å². The summed E-state index contributed by atoms with van der Waals surface area (Å²) in [7, 11) is 0. The van der Waals surface area contributed by atoms with Gasteiger partial charge in [0.25, 0.3) is 0 Å². The highest BCUT2D eigenvalue weighted by atomic mass is 35.5. The number of oxazole rings is 1.